The van der Waals surface area contributed by atoms with E-state index in [0.717, 1.165) is 34.6 Å². The summed E-state index contributed by atoms with van der Waals surface area (Å²) < 4.78 is 22.4. The van der Waals surface area contributed by atoms with Crippen LogP contribution in [0.15, 0.2) is 42.5 Å². The molecule has 1 amide bonds. The molecule has 2 aromatic rings. The Morgan fingerprint density at radius 1 is 0.950 bits per heavy atom. The predicted molar refractivity (Wildman–Crippen MR) is 156 cm³/mol. The Hall–Kier alpha value is -2.67. The van der Waals surface area contributed by atoms with Gasteiger partial charge in [-0.15, -0.1) is 0 Å². The third kappa shape index (κ3) is 5.86. The van der Waals surface area contributed by atoms with E-state index in [4.69, 9.17) is 18.9 Å². The fourth-order valence-electron chi connectivity index (χ4n) is 8.07. The number of carbonyl (C=O) groups is 1. The number of methoxy groups -OCH3 is 1. The zero-order chi connectivity index (χ0) is 27.5. The largest absolute Gasteiger partial charge is 0.467 e. The normalized spacial score (nSPS) is 27.7. The molecular formula is C34H43NO5. The van der Waals surface area contributed by atoms with Gasteiger partial charge in [0.05, 0.1) is 26.4 Å². The molecule has 1 saturated heterocycles. The summed E-state index contributed by atoms with van der Waals surface area (Å²) in [6.45, 7) is 6.06. The molecule has 214 valence electrons. The molecule has 4 aliphatic carbocycles. The molecule has 0 spiro atoms. The van der Waals surface area contributed by atoms with Gasteiger partial charge in [-0.2, -0.15) is 0 Å². The molecule has 6 heteroatoms. The second-order valence-electron chi connectivity index (χ2n) is 12.4. The quantitative estimate of drug-likeness (QED) is 0.203. The van der Waals surface area contributed by atoms with Gasteiger partial charge in [0.2, 0.25) is 0 Å². The van der Waals surface area contributed by atoms with Crippen LogP contribution in [-0.4, -0.2) is 64.2 Å². The highest BCUT2D eigenvalue weighted by atomic mass is 16.7. The molecule has 0 unspecified atom stereocenters. The SMILES string of the molecule is COCCOCOc1ccc(/C(C)=C/c2ccc(C(=O)N3CCOCC3)cc2)cc1C12CC3CC(CC(C3)C1)C2. The molecule has 5 fully saturated rings. The van der Waals surface area contributed by atoms with Crippen LogP contribution in [0.5, 0.6) is 5.75 Å². The average Bonchev–Trinajstić information content (AvgIpc) is 2.97. The third-order valence-corrected chi connectivity index (χ3v) is 9.61. The molecule has 0 aromatic heterocycles. The summed E-state index contributed by atoms with van der Waals surface area (Å²) in [4.78, 5) is 14.7. The van der Waals surface area contributed by atoms with Crippen LogP contribution in [0.2, 0.25) is 0 Å². The predicted octanol–water partition coefficient (Wildman–Crippen LogP) is 6.19. The minimum absolute atomic E-state index is 0.0811. The highest BCUT2D eigenvalue weighted by Crippen LogP contribution is 2.62. The topological polar surface area (TPSA) is 57.2 Å². The van der Waals surface area contributed by atoms with Gasteiger partial charge < -0.3 is 23.8 Å². The van der Waals surface area contributed by atoms with Gasteiger partial charge in [0.15, 0.2) is 6.79 Å². The molecule has 1 aliphatic heterocycles. The van der Waals surface area contributed by atoms with Crippen LogP contribution >= 0.6 is 0 Å². The van der Waals surface area contributed by atoms with E-state index in [0.29, 0.717) is 39.5 Å². The van der Waals surface area contributed by atoms with Crippen LogP contribution in [-0.2, 0) is 19.6 Å². The standard InChI is InChI=1S/C34H43NO5/c1-24(15-25-3-5-29(6-4-25)33(36)35-9-11-38-12-10-35)30-7-8-32(40-23-39-14-13-37-2)31(19-30)34-20-26-16-27(21-34)18-28(17-26)22-34/h3-8,15,19,26-28H,9-14,16-18,20-23H2,1-2H3/b24-15+. The summed E-state index contributed by atoms with van der Waals surface area (Å²) in [5, 5.41) is 0. The van der Waals surface area contributed by atoms with Gasteiger partial charge in [-0.25, -0.2) is 0 Å². The summed E-state index contributed by atoms with van der Waals surface area (Å²) >= 11 is 0. The minimum Gasteiger partial charge on any atom is -0.467 e. The monoisotopic (exact) mass is 545 g/mol. The second kappa shape index (κ2) is 12.1. The summed E-state index contributed by atoms with van der Waals surface area (Å²) in [5.74, 6) is 3.63. The van der Waals surface area contributed by atoms with Crippen LogP contribution in [0.4, 0.5) is 0 Å². The van der Waals surface area contributed by atoms with Crippen LogP contribution < -0.4 is 4.74 Å². The van der Waals surface area contributed by atoms with Gasteiger partial charge in [0, 0.05) is 31.3 Å². The second-order valence-corrected chi connectivity index (χ2v) is 12.4. The first-order valence-electron chi connectivity index (χ1n) is 15.0. The maximum atomic E-state index is 12.8. The Morgan fingerprint density at radius 3 is 2.25 bits per heavy atom. The zero-order valence-corrected chi connectivity index (χ0v) is 24.0. The van der Waals surface area contributed by atoms with E-state index in [1.54, 1.807) is 7.11 Å². The number of rotatable bonds is 10. The van der Waals surface area contributed by atoms with Crippen LogP contribution in [0.3, 0.4) is 0 Å². The van der Waals surface area contributed by atoms with Gasteiger partial charge in [-0.05, 0) is 110 Å². The number of amides is 1. The Kier molecular flexibility index (Phi) is 8.29. The van der Waals surface area contributed by atoms with Crippen molar-refractivity contribution in [1.82, 2.24) is 4.90 Å². The number of morpholine rings is 1. The lowest BCUT2D eigenvalue weighted by Crippen LogP contribution is -2.48. The maximum absolute atomic E-state index is 12.8. The molecule has 0 N–H and O–H groups in total. The van der Waals surface area contributed by atoms with Crippen molar-refractivity contribution in [2.45, 2.75) is 50.9 Å². The van der Waals surface area contributed by atoms with E-state index in [1.807, 2.05) is 29.2 Å². The lowest BCUT2D eigenvalue weighted by atomic mass is 9.48. The molecule has 6 nitrogen and oxygen atoms in total. The lowest BCUT2D eigenvalue weighted by Gasteiger charge is -2.57. The van der Waals surface area contributed by atoms with Gasteiger partial charge in [0.1, 0.15) is 5.75 Å². The fraction of sp³-hybridized carbons (Fsp3) is 0.559. The molecule has 0 atom stereocenters. The first-order valence-corrected chi connectivity index (χ1v) is 15.0. The van der Waals surface area contributed by atoms with Crippen LogP contribution in [0, 0.1) is 17.8 Å². The number of hydrogen-bond acceptors (Lipinski definition) is 5. The van der Waals surface area contributed by atoms with E-state index in [-0.39, 0.29) is 18.1 Å². The Labute approximate surface area is 238 Å². The van der Waals surface area contributed by atoms with Gasteiger partial charge in [-0.1, -0.05) is 24.3 Å². The van der Waals surface area contributed by atoms with Gasteiger partial charge >= 0.3 is 0 Å². The highest BCUT2D eigenvalue weighted by molar-refractivity contribution is 5.94. The Morgan fingerprint density at radius 2 is 1.60 bits per heavy atom. The van der Waals surface area contributed by atoms with Crippen molar-refractivity contribution in [1.29, 1.82) is 0 Å². The number of nitrogens with zero attached hydrogens (tertiary/aromatic N) is 1. The molecule has 40 heavy (non-hydrogen) atoms. The van der Waals surface area contributed by atoms with E-state index >= 15 is 0 Å². The first kappa shape index (κ1) is 27.5. The summed E-state index contributed by atoms with van der Waals surface area (Å²) in [7, 11) is 1.68. The lowest BCUT2D eigenvalue weighted by molar-refractivity contribution is -0.0189. The highest BCUT2D eigenvalue weighted by Gasteiger charge is 2.52. The van der Waals surface area contributed by atoms with E-state index in [2.05, 4.69) is 31.2 Å². The molecule has 4 bridgehead atoms. The van der Waals surface area contributed by atoms with Crippen molar-refractivity contribution < 1.29 is 23.7 Å². The summed E-state index contributed by atoms with van der Waals surface area (Å²) in [6.07, 6.45) is 10.3. The summed E-state index contributed by atoms with van der Waals surface area (Å²) in [5.41, 5.74) is 5.86. The van der Waals surface area contributed by atoms with Crippen molar-refractivity contribution in [3.05, 3.63) is 64.7 Å². The molecule has 4 saturated carbocycles. The Bertz CT molecular complexity index is 1180. The van der Waals surface area contributed by atoms with Crippen molar-refractivity contribution >= 4 is 17.6 Å². The fourth-order valence-corrected chi connectivity index (χ4v) is 8.07. The average molecular weight is 546 g/mol. The number of hydrogen-bond donors (Lipinski definition) is 0. The van der Waals surface area contributed by atoms with Crippen molar-refractivity contribution in [3.8, 4) is 5.75 Å². The smallest absolute Gasteiger partial charge is 0.254 e. The molecule has 2 aromatic carbocycles. The van der Waals surface area contributed by atoms with Crippen molar-refractivity contribution in [2.24, 2.45) is 17.8 Å². The van der Waals surface area contributed by atoms with Crippen LogP contribution in [0.1, 0.15) is 72.5 Å². The summed E-state index contributed by atoms with van der Waals surface area (Å²) in [6, 6.07) is 14.7. The molecule has 0 radical (unpaired) electrons. The number of allylic oxidation sites excluding steroid dienone is 1. The maximum Gasteiger partial charge on any atom is 0.254 e. The minimum atomic E-state index is 0.0811. The van der Waals surface area contributed by atoms with Crippen molar-refractivity contribution in [2.75, 3.05) is 53.4 Å². The number of carbonyl (C=O) groups excluding carboxylic acids is 1. The van der Waals surface area contributed by atoms with Crippen molar-refractivity contribution in [3.63, 3.8) is 0 Å². The van der Waals surface area contributed by atoms with Gasteiger partial charge in [-0.3, -0.25) is 4.79 Å². The molecule has 1 heterocycles. The van der Waals surface area contributed by atoms with Gasteiger partial charge in [0.25, 0.3) is 5.91 Å². The van der Waals surface area contributed by atoms with E-state index in [9.17, 15) is 4.79 Å². The molecule has 5 aliphatic rings. The third-order valence-electron chi connectivity index (χ3n) is 9.61. The number of ether oxygens (including phenoxy) is 4. The zero-order valence-electron chi connectivity index (χ0n) is 24.0. The first-order chi connectivity index (χ1) is 19.5. The molecule has 7 rings (SSSR count). The van der Waals surface area contributed by atoms with Crippen LogP contribution in [0.25, 0.3) is 11.6 Å². The Balaban J connectivity index is 1.23. The van der Waals surface area contributed by atoms with E-state index < -0.39 is 0 Å². The van der Waals surface area contributed by atoms with E-state index in [1.165, 1.54) is 55.2 Å². The molecular weight excluding hydrogens is 502 g/mol. The number of benzene rings is 2.